The molecule has 0 unspecified atom stereocenters. The van der Waals surface area contributed by atoms with Gasteiger partial charge in [0.05, 0.1) is 46.1 Å². The summed E-state index contributed by atoms with van der Waals surface area (Å²) in [6, 6.07) is 9.86. The van der Waals surface area contributed by atoms with Gasteiger partial charge in [0.25, 0.3) is 5.91 Å². The first kappa shape index (κ1) is 25.8. The molecule has 11 heteroatoms. The second kappa shape index (κ2) is 11.4. The van der Waals surface area contributed by atoms with E-state index in [2.05, 4.69) is 10.5 Å². The van der Waals surface area contributed by atoms with Crippen LogP contribution in [0.25, 0.3) is 0 Å². The van der Waals surface area contributed by atoms with Gasteiger partial charge in [-0.2, -0.15) is 5.10 Å². The number of carbonyl (C=O) groups excluding carboxylic acids is 1. The van der Waals surface area contributed by atoms with Crippen molar-refractivity contribution in [2.45, 2.75) is 13.3 Å². The van der Waals surface area contributed by atoms with Crippen molar-refractivity contribution in [3.8, 4) is 23.0 Å². The van der Waals surface area contributed by atoms with Crippen LogP contribution in [0.5, 0.6) is 23.0 Å². The minimum atomic E-state index is -3.77. The summed E-state index contributed by atoms with van der Waals surface area (Å²) >= 11 is 0. The van der Waals surface area contributed by atoms with E-state index in [1.807, 2.05) is 6.92 Å². The fourth-order valence-corrected chi connectivity index (χ4v) is 3.89. The molecule has 180 valence electrons. The Morgan fingerprint density at radius 1 is 0.909 bits per heavy atom. The second-order valence-corrected chi connectivity index (χ2v) is 8.73. The highest BCUT2D eigenvalue weighted by Gasteiger charge is 2.22. The number of carbonyl (C=O) groups is 1. The highest BCUT2D eigenvalue weighted by molar-refractivity contribution is 7.92. The highest BCUT2D eigenvalue weighted by Crippen LogP contribution is 2.32. The zero-order valence-corrected chi connectivity index (χ0v) is 20.4. The van der Waals surface area contributed by atoms with E-state index < -0.39 is 22.5 Å². The van der Waals surface area contributed by atoms with Gasteiger partial charge in [-0.1, -0.05) is 6.92 Å². The fourth-order valence-electron chi connectivity index (χ4n) is 3.04. The molecule has 0 fully saturated rings. The number of hydrogen-bond acceptors (Lipinski definition) is 8. The molecular formula is C22H29N3O7S. The van der Waals surface area contributed by atoms with Crippen LogP contribution in [0.3, 0.4) is 0 Å². The van der Waals surface area contributed by atoms with Crippen molar-refractivity contribution in [1.82, 2.24) is 5.43 Å². The van der Waals surface area contributed by atoms with Crippen LogP contribution in [-0.2, 0) is 14.8 Å². The molecule has 0 aromatic heterocycles. The average Bonchev–Trinajstić information content (AvgIpc) is 2.81. The number of ether oxygens (including phenoxy) is 4. The Morgan fingerprint density at radius 3 is 1.97 bits per heavy atom. The summed E-state index contributed by atoms with van der Waals surface area (Å²) in [7, 11) is 2.21. The quantitative estimate of drug-likeness (QED) is 0.389. The Bertz CT molecular complexity index is 1120. The number of hydrogen-bond donors (Lipinski definition) is 1. The van der Waals surface area contributed by atoms with Crippen molar-refractivity contribution >= 4 is 27.3 Å². The first-order valence-electron chi connectivity index (χ1n) is 9.96. The van der Waals surface area contributed by atoms with Crippen LogP contribution in [-0.4, -0.2) is 61.3 Å². The molecule has 2 aromatic rings. The van der Waals surface area contributed by atoms with E-state index in [1.165, 1.54) is 33.5 Å². The molecule has 0 heterocycles. The van der Waals surface area contributed by atoms with Gasteiger partial charge in [-0.25, -0.2) is 13.8 Å². The largest absolute Gasteiger partial charge is 0.493 e. The van der Waals surface area contributed by atoms with E-state index >= 15 is 0 Å². The number of hydrazone groups is 1. The van der Waals surface area contributed by atoms with Gasteiger partial charge in [0, 0.05) is 11.6 Å². The summed E-state index contributed by atoms with van der Waals surface area (Å²) in [5.41, 5.74) is 4.01. The summed E-state index contributed by atoms with van der Waals surface area (Å²) < 4.78 is 46.7. The molecule has 0 saturated carbocycles. The van der Waals surface area contributed by atoms with Crippen LogP contribution in [0.4, 0.5) is 5.69 Å². The van der Waals surface area contributed by atoms with Gasteiger partial charge in [-0.3, -0.25) is 9.10 Å². The van der Waals surface area contributed by atoms with Crippen molar-refractivity contribution in [2.75, 3.05) is 45.5 Å². The lowest BCUT2D eigenvalue weighted by atomic mass is 10.1. The molecule has 0 aliphatic heterocycles. The van der Waals surface area contributed by atoms with Gasteiger partial charge in [-0.15, -0.1) is 0 Å². The van der Waals surface area contributed by atoms with Crippen molar-refractivity contribution in [3.63, 3.8) is 0 Å². The monoisotopic (exact) mass is 479 g/mol. The number of anilines is 1. The predicted molar refractivity (Wildman–Crippen MR) is 126 cm³/mol. The smallest absolute Gasteiger partial charge is 0.260 e. The van der Waals surface area contributed by atoms with Gasteiger partial charge in [0.1, 0.15) is 6.54 Å². The van der Waals surface area contributed by atoms with Gasteiger partial charge in [0.15, 0.2) is 23.0 Å². The van der Waals surface area contributed by atoms with Crippen LogP contribution >= 0.6 is 0 Å². The van der Waals surface area contributed by atoms with E-state index in [4.69, 9.17) is 18.9 Å². The Hall–Kier alpha value is -3.47. The van der Waals surface area contributed by atoms with Crippen LogP contribution in [0.2, 0.25) is 0 Å². The Morgan fingerprint density at radius 2 is 1.45 bits per heavy atom. The summed E-state index contributed by atoms with van der Waals surface area (Å²) in [5.74, 6) is 1.26. The predicted octanol–water partition coefficient (Wildman–Crippen LogP) is 2.42. The third kappa shape index (κ3) is 6.51. The molecule has 33 heavy (non-hydrogen) atoms. The normalized spacial score (nSPS) is 11.5. The SMILES string of the molecule is CC/C(=N/NC(=O)CN(c1ccc(OC)c(OC)c1)S(C)(=O)=O)c1ccc(OC)c(OC)c1. The van der Waals surface area contributed by atoms with Gasteiger partial charge < -0.3 is 18.9 Å². The fraction of sp³-hybridized carbons (Fsp3) is 0.364. The van der Waals surface area contributed by atoms with Gasteiger partial charge in [-0.05, 0) is 36.8 Å². The summed E-state index contributed by atoms with van der Waals surface area (Å²) in [6.07, 6.45) is 1.53. The maximum atomic E-state index is 12.6. The Labute approximate surface area is 194 Å². The molecule has 2 rings (SSSR count). The third-order valence-corrected chi connectivity index (χ3v) is 5.85. The number of rotatable bonds is 11. The van der Waals surface area contributed by atoms with Gasteiger partial charge >= 0.3 is 0 Å². The molecule has 0 aliphatic carbocycles. The molecule has 10 nitrogen and oxygen atoms in total. The van der Waals surface area contributed by atoms with Crippen LogP contribution in [0.1, 0.15) is 18.9 Å². The number of nitrogens with one attached hydrogen (secondary N) is 1. The van der Waals surface area contributed by atoms with E-state index in [-0.39, 0.29) is 5.69 Å². The summed E-state index contributed by atoms with van der Waals surface area (Å²) in [5, 5.41) is 4.19. The van der Waals surface area contributed by atoms with Crippen molar-refractivity contribution < 1.29 is 32.2 Å². The second-order valence-electron chi connectivity index (χ2n) is 6.83. The molecule has 1 N–H and O–H groups in total. The molecular weight excluding hydrogens is 450 g/mol. The van der Waals surface area contributed by atoms with Crippen molar-refractivity contribution in [1.29, 1.82) is 0 Å². The highest BCUT2D eigenvalue weighted by atomic mass is 32.2. The van der Waals surface area contributed by atoms with E-state index in [0.717, 1.165) is 16.1 Å². The lowest BCUT2D eigenvalue weighted by molar-refractivity contribution is -0.119. The number of sulfonamides is 1. The van der Waals surface area contributed by atoms with E-state index in [1.54, 1.807) is 31.4 Å². The lowest BCUT2D eigenvalue weighted by Crippen LogP contribution is -2.39. The first-order valence-corrected chi connectivity index (χ1v) is 11.8. The molecule has 1 amide bonds. The maximum absolute atomic E-state index is 12.6. The molecule has 0 aliphatic rings. The summed E-state index contributed by atoms with van der Waals surface area (Å²) in [6.45, 7) is 1.41. The number of amides is 1. The topological polar surface area (TPSA) is 116 Å². The summed E-state index contributed by atoms with van der Waals surface area (Å²) in [4.78, 5) is 12.6. The number of benzene rings is 2. The zero-order valence-electron chi connectivity index (χ0n) is 19.5. The molecule has 0 saturated heterocycles. The zero-order chi connectivity index (χ0) is 24.6. The number of nitrogens with zero attached hydrogens (tertiary/aromatic N) is 2. The third-order valence-electron chi connectivity index (χ3n) is 4.71. The lowest BCUT2D eigenvalue weighted by Gasteiger charge is -2.22. The van der Waals surface area contributed by atoms with Crippen LogP contribution in [0.15, 0.2) is 41.5 Å². The van der Waals surface area contributed by atoms with E-state index in [9.17, 15) is 13.2 Å². The van der Waals surface area contributed by atoms with E-state index in [0.29, 0.717) is 35.1 Å². The Kier molecular flexibility index (Phi) is 8.92. The van der Waals surface area contributed by atoms with Crippen LogP contribution < -0.4 is 28.7 Å². The first-order chi connectivity index (χ1) is 15.7. The maximum Gasteiger partial charge on any atom is 0.260 e. The minimum absolute atomic E-state index is 0.255. The minimum Gasteiger partial charge on any atom is -0.493 e. The molecule has 2 aromatic carbocycles. The van der Waals surface area contributed by atoms with Crippen molar-refractivity contribution in [3.05, 3.63) is 42.0 Å². The van der Waals surface area contributed by atoms with Crippen molar-refractivity contribution in [2.24, 2.45) is 5.10 Å². The van der Waals surface area contributed by atoms with Gasteiger partial charge in [0.2, 0.25) is 10.0 Å². The average molecular weight is 480 g/mol. The number of methoxy groups -OCH3 is 4. The molecule has 0 bridgehead atoms. The molecule has 0 atom stereocenters. The molecule has 0 radical (unpaired) electrons. The Balaban J connectivity index is 2.26. The standard InChI is InChI=1S/C22H29N3O7S/c1-7-17(15-8-10-18(29-2)20(12-15)31-4)23-24-22(26)14-25(33(6,27)28)16-9-11-19(30-3)21(13-16)32-5/h8-13H,7,14H2,1-6H3,(H,24,26)/b23-17-. The molecule has 0 spiro atoms. The van der Waals surface area contributed by atoms with Crippen LogP contribution in [0, 0.1) is 0 Å².